The fourth-order valence-electron chi connectivity index (χ4n) is 4.40. The minimum Gasteiger partial charge on any atom is -0.353 e. The first-order chi connectivity index (χ1) is 11.0. The molecule has 2 saturated heterocycles. The number of nitrogens with zero attached hydrogens (tertiary/aromatic N) is 1. The van der Waals surface area contributed by atoms with Gasteiger partial charge in [0.2, 0.25) is 11.8 Å². The summed E-state index contributed by atoms with van der Waals surface area (Å²) in [7, 11) is 0. The maximum absolute atomic E-state index is 12.5. The molecule has 1 aliphatic carbocycles. The van der Waals surface area contributed by atoms with Crippen molar-refractivity contribution in [2.45, 2.75) is 76.9 Å². The number of amides is 2. The second-order valence-corrected chi connectivity index (χ2v) is 7.95. The molecule has 0 spiro atoms. The van der Waals surface area contributed by atoms with Gasteiger partial charge in [-0.15, -0.1) is 12.4 Å². The van der Waals surface area contributed by atoms with Crippen molar-refractivity contribution in [2.75, 3.05) is 13.1 Å². The van der Waals surface area contributed by atoms with E-state index in [1.807, 2.05) is 4.90 Å². The van der Waals surface area contributed by atoms with Crippen molar-refractivity contribution in [1.29, 1.82) is 0 Å². The van der Waals surface area contributed by atoms with Gasteiger partial charge >= 0.3 is 0 Å². The third-order valence-corrected chi connectivity index (χ3v) is 5.93. The Kier molecular flexibility index (Phi) is 6.93. The summed E-state index contributed by atoms with van der Waals surface area (Å²) >= 11 is 0. The van der Waals surface area contributed by atoms with Gasteiger partial charge in [-0.3, -0.25) is 9.59 Å². The van der Waals surface area contributed by atoms with Gasteiger partial charge in [0.05, 0.1) is 5.92 Å². The van der Waals surface area contributed by atoms with Crippen LogP contribution >= 0.6 is 12.4 Å². The van der Waals surface area contributed by atoms with Gasteiger partial charge in [-0.05, 0) is 57.9 Å². The minimum atomic E-state index is -0.146. The summed E-state index contributed by atoms with van der Waals surface area (Å²) in [4.78, 5) is 26.9. The lowest BCUT2D eigenvalue weighted by molar-refractivity contribution is -0.131. The molecule has 3 rings (SSSR count). The first-order valence-corrected chi connectivity index (χ1v) is 9.36. The molecule has 0 aromatic heterocycles. The van der Waals surface area contributed by atoms with Gasteiger partial charge in [0, 0.05) is 31.1 Å². The second-order valence-electron chi connectivity index (χ2n) is 7.95. The number of piperidine rings is 1. The SMILES string of the molecule is CC1CCC(N2CC(C(=O)NC3CCNC(C)C3)CC2=O)CC1.Cl. The number of hydrogen-bond acceptors (Lipinski definition) is 3. The summed E-state index contributed by atoms with van der Waals surface area (Å²) in [6.45, 7) is 6.04. The molecule has 3 fully saturated rings. The highest BCUT2D eigenvalue weighted by molar-refractivity contribution is 5.89. The lowest BCUT2D eigenvalue weighted by atomic mass is 9.86. The number of carbonyl (C=O) groups excluding carboxylic acids is 2. The fourth-order valence-corrected chi connectivity index (χ4v) is 4.40. The lowest BCUT2D eigenvalue weighted by Gasteiger charge is -2.33. The summed E-state index contributed by atoms with van der Waals surface area (Å²) in [5.74, 6) is 0.907. The Morgan fingerprint density at radius 3 is 2.54 bits per heavy atom. The summed E-state index contributed by atoms with van der Waals surface area (Å²) < 4.78 is 0. The monoisotopic (exact) mass is 357 g/mol. The van der Waals surface area contributed by atoms with Crippen molar-refractivity contribution < 1.29 is 9.59 Å². The van der Waals surface area contributed by atoms with Gasteiger partial charge in [0.15, 0.2) is 0 Å². The highest BCUT2D eigenvalue weighted by Gasteiger charge is 2.39. The third kappa shape index (κ3) is 4.63. The Morgan fingerprint density at radius 1 is 1.17 bits per heavy atom. The van der Waals surface area contributed by atoms with E-state index >= 15 is 0 Å². The predicted molar refractivity (Wildman–Crippen MR) is 97.1 cm³/mol. The number of carbonyl (C=O) groups is 2. The van der Waals surface area contributed by atoms with Crippen LogP contribution in [-0.4, -0.2) is 47.9 Å². The van der Waals surface area contributed by atoms with Crippen molar-refractivity contribution in [2.24, 2.45) is 11.8 Å². The van der Waals surface area contributed by atoms with Crippen LogP contribution in [0.2, 0.25) is 0 Å². The van der Waals surface area contributed by atoms with Crippen molar-refractivity contribution in [3.8, 4) is 0 Å². The van der Waals surface area contributed by atoms with Gasteiger partial charge in [-0.2, -0.15) is 0 Å². The average Bonchev–Trinajstić information content (AvgIpc) is 2.90. The summed E-state index contributed by atoms with van der Waals surface area (Å²) in [6, 6.07) is 1.09. The van der Waals surface area contributed by atoms with Crippen LogP contribution in [0.15, 0.2) is 0 Å². The molecule has 2 heterocycles. The molecule has 3 atom stereocenters. The predicted octanol–water partition coefficient (Wildman–Crippen LogP) is 2.09. The zero-order chi connectivity index (χ0) is 16.4. The molecule has 6 heteroatoms. The van der Waals surface area contributed by atoms with Crippen LogP contribution < -0.4 is 10.6 Å². The summed E-state index contributed by atoms with van der Waals surface area (Å²) in [6.07, 6.45) is 6.99. The Morgan fingerprint density at radius 2 is 1.88 bits per heavy atom. The van der Waals surface area contributed by atoms with Gasteiger partial charge in [0.1, 0.15) is 0 Å². The zero-order valence-electron chi connectivity index (χ0n) is 14.9. The van der Waals surface area contributed by atoms with Gasteiger partial charge in [-0.1, -0.05) is 6.92 Å². The molecule has 0 aromatic carbocycles. The van der Waals surface area contributed by atoms with E-state index in [0.29, 0.717) is 25.0 Å². The Bertz CT molecular complexity index is 452. The van der Waals surface area contributed by atoms with E-state index in [1.165, 1.54) is 12.8 Å². The van der Waals surface area contributed by atoms with Crippen molar-refractivity contribution >= 4 is 24.2 Å². The standard InChI is InChI=1S/C18H31N3O2.ClH/c1-12-3-5-16(6-4-12)21-11-14(10-17(21)22)18(23)20-15-7-8-19-13(2)9-15;/h12-16,19H,3-11H2,1-2H3,(H,20,23);1H. The average molecular weight is 358 g/mol. The number of rotatable bonds is 3. The largest absolute Gasteiger partial charge is 0.353 e. The maximum Gasteiger partial charge on any atom is 0.225 e. The van der Waals surface area contributed by atoms with Crippen LogP contribution in [0, 0.1) is 11.8 Å². The fraction of sp³-hybridized carbons (Fsp3) is 0.889. The third-order valence-electron chi connectivity index (χ3n) is 5.93. The number of hydrogen-bond donors (Lipinski definition) is 2. The van der Waals surface area contributed by atoms with E-state index in [2.05, 4.69) is 24.5 Å². The highest BCUT2D eigenvalue weighted by Crippen LogP contribution is 2.31. The smallest absolute Gasteiger partial charge is 0.225 e. The molecule has 3 unspecified atom stereocenters. The van der Waals surface area contributed by atoms with Gasteiger partial charge in [0.25, 0.3) is 0 Å². The first-order valence-electron chi connectivity index (χ1n) is 9.36. The first kappa shape index (κ1) is 19.5. The van der Waals surface area contributed by atoms with Crippen LogP contribution in [0.1, 0.15) is 58.8 Å². The molecule has 2 aliphatic heterocycles. The Balaban J connectivity index is 0.00000208. The van der Waals surface area contributed by atoms with Gasteiger partial charge < -0.3 is 15.5 Å². The number of halogens is 1. The molecule has 0 aromatic rings. The minimum absolute atomic E-state index is 0. The molecule has 2 N–H and O–H groups in total. The molecule has 2 amide bonds. The number of likely N-dealkylation sites (tertiary alicyclic amines) is 1. The van der Waals surface area contributed by atoms with E-state index in [4.69, 9.17) is 0 Å². The van der Waals surface area contributed by atoms with Crippen LogP contribution in [0.4, 0.5) is 0 Å². The van der Waals surface area contributed by atoms with E-state index in [9.17, 15) is 9.59 Å². The molecule has 24 heavy (non-hydrogen) atoms. The van der Waals surface area contributed by atoms with Crippen LogP contribution in [0.5, 0.6) is 0 Å². The van der Waals surface area contributed by atoms with Crippen LogP contribution in [0.3, 0.4) is 0 Å². The Labute approximate surface area is 151 Å². The Hall–Kier alpha value is -0.810. The molecule has 3 aliphatic rings. The van der Waals surface area contributed by atoms with E-state index in [1.54, 1.807) is 0 Å². The molecule has 138 valence electrons. The summed E-state index contributed by atoms with van der Waals surface area (Å²) in [5, 5.41) is 6.59. The van der Waals surface area contributed by atoms with E-state index in [0.717, 1.165) is 38.1 Å². The molecular weight excluding hydrogens is 326 g/mol. The van der Waals surface area contributed by atoms with Crippen molar-refractivity contribution in [3.63, 3.8) is 0 Å². The number of nitrogens with one attached hydrogen (secondary N) is 2. The molecule has 0 bridgehead atoms. The van der Waals surface area contributed by atoms with E-state index in [-0.39, 0.29) is 36.2 Å². The second kappa shape index (κ2) is 8.52. The molecular formula is C18H32ClN3O2. The molecule has 0 radical (unpaired) electrons. The highest BCUT2D eigenvalue weighted by atomic mass is 35.5. The summed E-state index contributed by atoms with van der Waals surface area (Å²) in [5.41, 5.74) is 0. The quantitative estimate of drug-likeness (QED) is 0.813. The maximum atomic E-state index is 12.5. The van der Waals surface area contributed by atoms with Crippen LogP contribution in [0.25, 0.3) is 0 Å². The van der Waals surface area contributed by atoms with Crippen LogP contribution in [-0.2, 0) is 9.59 Å². The molecule has 1 saturated carbocycles. The van der Waals surface area contributed by atoms with Gasteiger partial charge in [-0.25, -0.2) is 0 Å². The van der Waals surface area contributed by atoms with E-state index < -0.39 is 0 Å². The normalized spacial score (nSPS) is 37.0. The molecule has 5 nitrogen and oxygen atoms in total. The topological polar surface area (TPSA) is 61.4 Å². The van der Waals surface area contributed by atoms with Crippen molar-refractivity contribution in [3.05, 3.63) is 0 Å². The lowest BCUT2D eigenvalue weighted by Crippen LogP contribution is -2.48. The zero-order valence-corrected chi connectivity index (χ0v) is 15.7. The van der Waals surface area contributed by atoms with Crippen molar-refractivity contribution in [1.82, 2.24) is 15.5 Å².